The highest BCUT2D eigenvalue weighted by atomic mass is 15.3. The molecule has 0 radical (unpaired) electrons. The van der Waals surface area contributed by atoms with Gasteiger partial charge in [0.25, 0.3) is 0 Å². The normalized spacial score (nSPS) is 10.7. The van der Waals surface area contributed by atoms with E-state index in [4.69, 9.17) is 0 Å². The molecule has 0 saturated heterocycles. The molecule has 0 aliphatic heterocycles. The Bertz CT molecular complexity index is 462. The van der Waals surface area contributed by atoms with Crippen LogP contribution in [0.2, 0.25) is 0 Å². The molecule has 4 heteroatoms. The molecular formula is C13H18N4. The minimum Gasteiger partial charge on any atom is -0.313 e. The van der Waals surface area contributed by atoms with Gasteiger partial charge in [-0.15, -0.1) is 0 Å². The SMILES string of the molecule is CCCNCc1cnn(-c2ccncc2)c1C. The van der Waals surface area contributed by atoms with Crippen molar-refractivity contribution in [3.63, 3.8) is 0 Å². The molecule has 0 aromatic carbocycles. The molecule has 2 aromatic heterocycles. The van der Waals surface area contributed by atoms with Gasteiger partial charge >= 0.3 is 0 Å². The first kappa shape index (κ1) is 11.8. The van der Waals surface area contributed by atoms with E-state index in [1.165, 1.54) is 11.3 Å². The molecule has 0 amide bonds. The maximum Gasteiger partial charge on any atom is 0.0679 e. The lowest BCUT2D eigenvalue weighted by Crippen LogP contribution is -2.14. The van der Waals surface area contributed by atoms with E-state index in [0.717, 1.165) is 25.2 Å². The molecule has 0 spiro atoms. The molecule has 1 N–H and O–H groups in total. The molecule has 0 atom stereocenters. The van der Waals surface area contributed by atoms with Crippen LogP contribution in [0, 0.1) is 6.92 Å². The lowest BCUT2D eigenvalue weighted by Gasteiger charge is -2.05. The topological polar surface area (TPSA) is 42.7 Å². The van der Waals surface area contributed by atoms with E-state index in [-0.39, 0.29) is 0 Å². The van der Waals surface area contributed by atoms with E-state index in [2.05, 4.69) is 29.2 Å². The van der Waals surface area contributed by atoms with Gasteiger partial charge in [0.2, 0.25) is 0 Å². The van der Waals surface area contributed by atoms with E-state index in [1.807, 2.05) is 23.0 Å². The van der Waals surface area contributed by atoms with Crippen LogP contribution >= 0.6 is 0 Å². The molecule has 2 rings (SSSR count). The average Bonchev–Trinajstić information content (AvgIpc) is 2.73. The van der Waals surface area contributed by atoms with Gasteiger partial charge in [-0.05, 0) is 32.0 Å². The highest BCUT2D eigenvalue weighted by Gasteiger charge is 2.06. The van der Waals surface area contributed by atoms with Crippen molar-refractivity contribution in [2.24, 2.45) is 0 Å². The van der Waals surface area contributed by atoms with E-state index >= 15 is 0 Å². The van der Waals surface area contributed by atoms with Crippen molar-refractivity contribution in [2.75, 3.05) is 6.54 Å². The van der Waals surface area contributed by atoms with E-state index in [9.17, 15) is 0 Å². The van der Waals surface area contributed by atoms with Gasteiger partial charge in [0.05, 0.1) is 11.9 Å². The molecule has 2 heterocycles. The van der Waals surface area contributed by atoms with Crippen molar-refractivity contribution in [1.29, 1.82) is 0 Å². The Balaban J connectivity index is 2.15. The largest absolute Gasteiger partial charge is 0.313 e. The molecular weight excluding hydrogens is 212 g/mol. The number of nitrogens with one attached hydrogen (secondary N) is 1. The maximum atomic E-state index is 4.41. The summed E-state index contributed by atoms with van der Waals surface area (Å²) in [6, 6.07) is 3.92. The summed E-state index contributed by atoms with van der Waals surface area (Å²) in [4.78, 5) is 4.01. The quantitative estimate of drug-likeness (QED) is 0.800. The summed E-state index contributed by atoms with van der Waals surface area (Å²) < 4.78 is 1.95. The Morgan fingerprint density at radius 1 is 1.29 bits per heavy atom. The Labute approximate surface area is 102 Å². The van der Waals surface area contributed by atoms with Gasteiger partial charge in [-0.3, -0.25) is 4.98 Å². The summed E-state index contributed by atoms with van der Waals surface area (Å²) in [5, 5.41) is 7.80. The van der Waals surface area contributed by atoms with Crippen LogP contribution in [0.3, 0.4) is 0 Å². The molecule has 0 saturated carbocycles. The summed E-state index contributed by atoms with van der Waals surface area (Å²) in [5.41, 5.74) is 3.48. The molecule has 17 heavy (non-hydrogen) atoms. The fourth-order valence-corrected chi connectivity index (χ4v) is 1.76. The summed E-state index contributed by atoms with van der Waals surface area (Å²) in [6.45, 7) is 6.18. The minimum atomic E-state index is 0.880. The van der Waals surface area contributed by atoms with Crippen LogP contribution in [0.15, 0.2) is 30.7 Å². The van der Waals surface area contributed by atoms with Crippen LogP contribution in [0.1, 0.15) is 24.6 Å². The van der Waals surface area contributed by atoms with E-state index in [1.54, 1.807) is 12.4 Å². The highest BCUT2D eigenvalue weighted by Crippen LogP contribution is 2.12. The standard InChI is InChI=1S/C13H18N4/c1-3-6-15-9-12-10-16-17(11(12)2)13-4-7-14-8-5-13/h4-5,7-8,10,15H,3,6,9H2,1-2H3. The fraction of sp³-hybridized carbons (Fsp3) is 0.385. The van der Waals surface area contributed by atoms with Gasteiger partial charge in [0.15, 0.2) is 0 Å². The minimum absolute atomic E-state index is 0.880. The number of pyridine rings is 1. The van der Waals surface area contributed by atoms with Crippen LogP contribution in [0.25, 0.3) is 5.69 Å². The van der Waals surface area contributed by atoms with Crippen molar-refractivity contribution in [1.82, 2.24) is 20.1 Å². The van der Waals surface area contributed by atoms with Crippen molar-refractivity contribution < 1.29 is 0 Å². The molecule has 0 aliphatic carbocycles. The molecule has 0 fully saturated rings. The van der Waals surface area contributed by atoms with Crippen molar-refractivity contribution in [2.45, 2.75) is 26.8 Å². The van der Waals surface area contributed by atoms with Crippen LogP contribution in [-0.4, -0.2) is 21.3 Å². The smallest absolute Gasteiger partial charge is 0.0679 e. The molecule has 2 aromatic rings. The van der Waals surface area contributed by atoms with Gasteiger partial charge < -0.3 is 5.32 Å². The third-order valence-electron chi connectivity index (χ3n) is 2.76. The lowest BCUT2D eigenvalue weighted by molar-refractivity contribution is 0.672. The average molecular weight is 230 g/mol. The predicted octanol–water partition coefficient (Wildman–Crippen LogP) is 2.08. The van der Waals surface area contributed by atoms with E-state index < -0.39 is 0 Å². The van der Waals surface area contributed by atoms with E-state index in [0.29, 0.717) is 0 Å². The van der Waals surface area contributed by atoms with Crippen molar-refractivity contribution in [3.8, 4) is 5.69 Å². The van der Waals surface area contributed by atoms with Gasteiger partial charge in [-0.2, -0.15) is 5.10 Å². The van der Waals surface area contributed by atoms with Crippen LogP contribution in [0.4, 0.5) is 0 Å². The van der Waals surface area contributed by atoms with Gasteiger partial charge in [0.1, 0.15) is 0 Å². The first-order valence-electron chi connectivity index (χ1n) is 5.97. The van der Waals surface area contributed by atoms with Crippen LogP contribution < -0.4 is 5.32 Å². The van der Waals surface area contributed by atoms with Crippen molar-refractivity contribution in [3.05, 3.63) is 42.0 Å². The number of aromatic nitrogens is 3. The molecule has 4 nitrogen and oxygen atoms in total. The first-order valence-corrected chi connectivity index (χ1v) is 5.97. The summed E-state index contributed by atoms with van der Waals surface area (Å²) in [6.07, 6.45) is 6.65. The lowest BCUT2D eigenvalue weighted by atomic mass is 10.2. The fourth-order valence-electron chi connectivity index (χ4n) is 1.76. The first-order chi connectivity index (χ1) is 8.33. The second-order valence-corrected chi connectivity index (χ2v) is 4.05. The Hall–Kier alpha value is -1.68. The van der Waals surface area contributed by atoms with Crippen LogP contribution in [-0.2, 0) is 6.54 Å². The Kier molecular flexibility index (Phi) is 3.88. The van der Waals surface area contributed by atoms with Crippen molar-refractivity contribution >= 4 is 0 Å². The Morgan fingerprint density at radius 3 is 2.76 bits per heavy atom. The van der Waals surface area contributed by atoms with Gasteiger partial charge in [-0.25, -0.2) is 4.68 Å². The zero-order chi connectivity index (χ0) is 12.1. The van der Waals surface area contributed by atoms with Gasteiger partial charge in [0, 0.05) is 30.2 Å². The second kappa shape index (κ2) is 5.59. The maximum absolute atomic E-state index is 4.41. The number of nitrogens with zero attached hydrogens (tertiary/aromatic N) is 3. The zero-order valence-electron chi connectivity index (χ0n) is 10.3. The third-order valence-corrected chi connectivity index (χ3v) is 2.76. The summed E-state index contributed by atoms with van der Waals surface area (Å²) in [7, 11) is 0. The number of hydrogen-bond acceptors (Lipinski definition) is 3. The van der Waals surface area contributed by atoms with Gasteiger partial charge in [-0.1, -0.05) is 6.92 Å². The molecule has 90 valence electrons. The zero-order valence-corrected chi connectivity index (χ0v) is 10.3. The monoisotopic (exact) mass is 230 g/mol. The number of rotatable bonds is 5. The summed E-state index contributed by atoms with van der Waals surface area (Å²) in [5.74, 6) is 0. The van der Waals surface area contributed by atoms with Crippen LogP contribution in [0.5, 0.6) is 0 Å². The molecule has 0 bridgehead atoms. The molecule has 0 aliphatic rings. The highest BCUT2D eigenvalue weighted by molar-refractivity contribution is 5.32. The Morgan fingerprint density at radius 2 is 2.06 bits per heavy atom. The molecule has 0 unspecified atom stereocenters. The summed E-state index contributed by atoms with van der Waals surface area (Å²) >= 11 is 0. The second-order valence-electron chi connectivity index (χ2n) is 4.05. The number of hydrogen-bond donors (Lipinski definition) is 1. The third kappa shape index (κ3) is 2.71. The predicted molar refractivity (Wildman–Crippen MR) is 68.1 cm³/mol.